The Labute approximate surface area is 89.8 Å². The van der Waals surface area contributed by atoms with Crippen molar-refractivity contribution in [2.45, 2.75) is 38.8 Å². The summed E-state index contributed by atoms with van der Waals surface area (Å²) in [6, 6.07) is 0.706. The summed E-state index contributed by atoms with van der Waals surface area (Å²) in [6.45, 7) is 4.26. The number of thiocarbonyl (C=S) groups is 1. The molecular weight excluding hydrogens is 198 g/mol. The molecule has 0 radical (unpaired) electrons. The minimum Gasteiger partial charge on any atom is -0.361 e. The van der Waals surface area contributed by atoms with Gasteiger partial charge in [-0.25, -0.2) is 0 Å². The molecule has 0 aromatic rings. The Balaban J connectivity index is 2.06. The van der Waals surface area contributed by atoms with Crippen LogP contribution in [0.25, 0.3) is 0 Å². The van der Waals surface area contributed by atoms with Gasteiger partial charge in [-0.1, -0.05) is 0 Å². The highest BCUT2D eigenvalue weighted by Crippen LogP contribution is 2.17. The molecule has 1 amide bonds. The summed E-state index contributed by atoms with van der Waals surface area (Å²) in [5.74, 6) is 0.0143. The predicted molar refractivity (Wildman–Crippen MR) is 60.0 cm³/mol. The molecule has 1 saturated carbocycles. The Bertz CT molecular complexity index is 210. The van der Waals surface area contributed by atoms with Crippen molar-refractivity contribution < 1.29 is 4.79 Å². The molecule has 0 atom stereocenters. The number of hydrogen-bond donors (Lipinski definition) is 3. The van der Waals surface area contributed by atoms with E-state index in [1.54, 1.807) is 0 Å². The quantitative estimate of drug-likeness (QED) is 0.584. The van der Waals surface area contributed by atoms with Crippen LogP contribution in [-0.4, -0.2) is 29.6 Å². The summed E-state index contributed by atoms with van der Waals surface area (Å²) >= 11 is 4.98. The molecule has 0 saturated heterocycles. The van der Waals surface area contributed by atoms with Crippen molar-refractivity contribution in [3.05, 3.63) is 0 Å². The molecule has 0 aromatic carbocycles. The summed E-state index contributed by atoms with van der Waals surface area (Å²) in [5.41, 5.74) is 0. The Kier molecular flexibility index (Phi) is 4.13. The summed E-state index contributed by atoms with van der Waals surface area (Å²) in [6.07, 6.45) is 2.22. The van der Waals surface area contributed by atoms with E-state index < -0.39 is 0 Å². The van der Waals surface area contributed by atoms with E-state index in [1.807, 2.05) is 13.8 Å². The third kappa shape index (κ3) is 5.01. The highest BCUT2D eigenvalue weighted by Gasteiger charge is 2.22. The first-order valence-corrected chi connectivity index (χ1v) is 5.32. The van der Waals surface area contributed by atoms with Gasteiger partial charge in [0.2, 0.25) is 5.91 Å². The molecule has 0 aliphatic heterocycles. The molecular formula is C9H17N3OS. The second-order valence-electron chi connectivity index (χ2n) is 3.82. The van der Waals surface area contributed by atoms with Crippen LogP contribution in [0.5, 0.6) is 0 Å². The Morgan fingerprint density at radius 2 is 2.14 bits per heavy atom. The molecule has 14 heavy (non-hydrogen) atoms. The Morgan fingerprint density at radius 3 is 2.64 bits per heavy atom. The lowest BCUT2D eigenvalue weighted by Crippen LogP contribution is -2.44. The van der Waals surface area contributed by atoms with Crippen molar-refractivity contribution in [1.29, 1.82) is 0 Å². The third-order valence-corrected chi connectivity index (χ3v) is 2.03. The van der Waals surface area contributed by atoms with Crippen molar-refractivity contribution >= 4 is 23.2 Å². The molecule has 0 heterocycles. The van der Waals surface area contributed by atoms with E-state index in [0.717, 1.165) is 12.8 Å². The van der Waals surface area contributed by atoms with Crippen LogP contribution in [0, 0.1) is 0 Å². The summed E-state index contributed by atoms with van der Waals surface area (Å²) in [5, 5.41) is 9.27. The highest BCUT2D eigenvalue weighted by atomic mass is 32.1. The van der Waals surface area contributed by atoms with Gasteiger partial charge in [-0.15, -0.1) is 0 Å². The summed E-state index contributed by atoms with van der Waals surface area (Å²) < 4.78 is 0. The average molecular weight is 215 g/mol. The van der Waals surface area contributed by atoms with Crippen molar-refractivity contribution in [1.82, 2.24) is 16.0 Å². The van der Waals surface area contributed by atoms with Gasteiger partial charge in [0, 0.05) is 12.1 Å². The van der Waals surface area contributed by atoms with Gasteiger partial charge in [-0.3, -0.25) is 4.79 Å². The van der Waals surface area contributed by atoms with Crippen LogP contribution in [0.2, 0.25) is 0 Å². The highest BCUT2D eigenvalue weighted by molar-refractivity contribution is 7.80. The average Bonchev–Trinajstić information content (AvgIpc) is 2.83. The molecule has 0 aromatic heterocycles. The van der Waals surface area contributed by atoms with Gasteiger partial charge >= 0.3 is 0 Å². The number of rotatable bonds is 4. The van der Waals surface area contributed by atoms with Gasteiger partial charge < -0.3 is 16.0 Å². The maximum absolute atomic E-state index is 11.2. The van der Waals surface area contributed by atoms with E-state index in [0.29, 0.717) is 17.2 Å². The van der Waals surface area contributed by atoms with Crippen LogP contribution < -0.4 is 16.0 Å². The fourth-order valence-electron chi connectivity index (χ4n) is 0.980. The lowest BCUT2D eigenvalue weighted by Gasteiger charge is -2.12. The van der Waals surface area contributed by atoms with E-state index in [-0.39, 0.29) is 12.5 Å². The Hall–Kier alpha value is -0.840. The predicted octanol–water partition coefficient (Wildman–Crippen LogP) is 0.138. The molecule has 0 unspecified atom stereocenters. The van der Waals surface area contributed by atoms with Gasteiger partial charge in [0.1, 0.15) is 0 Å². The first kappa shape index (κ1) is 11.2. The maximum Gasteiger partial charge on any atom is 0.239 e. The van der Waals surface area contributed by atoms with Gasteiger partial charge in [0.25, 0.3) is 0 Å². The standard InChI is InChI=1S/C9H17N3OS/c1-6(2)11-9(14)10-5-8(13)12-7-3-4-7/h6-7H,3-5H2,1-2H3,(H,12,13)(H2,10,11,14). The number of hydrogen-bond acceptors (Lipinski definition) is 2. The zero-order chi connectivity index (χ0) is 10.6. The van der Waals surface area contributed by atoms with Gasteiger partial charge in [-0.05, 0) is 38.9 Å². The monoisotopic (exact) mass is 215 g/mol. The minimum absolute atomic E-state index is 0.0143. The van der Waals surface area contributed by atoms with E-state index >= 15 is 0 Å². The first-order chi connectivity index (χ1) is 6.58. The maximum atomic E-state index is 11.2. The zero-order valence-electron chi connectivity index (χ0n) is 8.59. The van der Waals surface area contributed by atoms with Crippen LogP contribution in [0.1, 0.15) is 26.7 Å². The van der Waals surface area contributed by atoms with Crippen LogP contribution in [0.3, 0.4) is 0 Å². The fourth-order valence-corrected chi connectivity index (χ4v) is 1.29. The molecule has 4 nitrogen and oxygen atoms in total. The molecule has 5 heteroatoms. The smallest absolute Gasteiger partial charge is 0.239 e. The summed E-state index contributed by atoms with van der Waals surface area (Å²) in [7, 11) is 0. The number of amides is 1. The third-order valence-electron chi connectivity index (χ3n) is 1.77. The minimum atomic E-state index is 0.0143. The second-order valence-corrected chi connectivity index (χ2v) is 4.23. The van der Waals surface area contributed by atoms with Crippen LogP contribution >= 0.6 is 12.2 Å². The van der Waals surface area contributed by atoms with Crippen LogP contribution in [0.4, 0.5) is 0 Å². The molecule has 0 spiro atoms. The van der Waals surface area contributed by atoms with Crippen LogP contribution in [0.15, 0.2) is 0 Å². The van der Waals surface area contributed by atoms with E-state index in [4.69, 9.17) is 12.2 Å². The lowest BCUT2D eigenvalue weighted by atomic mass is 10.4. The van der Waals surface area contributed by atoms with Gasteiger partial charge in [-0.2, -0.15) is 0 Å². The molecule has 3 N–H and O–H groups in total. The van der Waals surface area contributed by atoms with Crippen molar-refractivity contribution in [3.8, 4) is 0 Å². The Morgan fingerprint density at radius 1 is 1.50 bits per heavy atom. The van der Waals surface area contributed by atoms with Gasteiger partial charge in [0.05, 0.1) is 6.54 Å². The molecule has 1 fully saturated rings. The normalized spacial score (nSPS) is 15.1. The first-order valence-electron chi connectivity index (χ1n) is 4.91. The number of carbonyl (C=O) groups is 1. The zero-order valence-corrected chi connectivity index (χ0v) is 9.41. The van der Waals surface area contributed by atoms with E-state index in [2.05, 4.69) is 16.0 Å². The second kappa shape index (κ2) is 5.14. The lowest BCUT2D eigenvalue weighted by molar-refractivity contribution is -0.120. The van der Waals surface area contributed by atoms with E-state index in [1.165, 1.54) is 0 Å². The molecule has 0 bridgehead atoms. The summed E-state index contributed by atoms with van der Waals surface area (Å²) in [4.78, 5) is 11.2. The van der Waals surface area contributed by atoms with Crippen LogP contribution in [-0.2, 0) is 4.79 Å². The molecule has 80 valence electrons. The molecule has 1 rings (SSSR count). The van der Waals surface area contributed by atoms with Crippen molar-refractivity contribution in [2.75, 3.05) is 6.54 Å². The molecule has 1 aliphatic rings. The van der Waals surface area contributed by atoms with Crippen molar-refractivity contribution in [2.24, 2.45) is 0 Å². The molecule has 1 aliphatic carbocycles. The van der Waals surface area contributed by atoms with Crippen molar-refractivity contribution in [3.63, 3.8) is 0 Å². The SMILES string of the molecule is CC(C)NC(=S)NCC(=O)NC1CC1. The number of carbonyl (C=O) groups excluding carboxylic acids is 1. The topological polar surface area (TPSA) is 53.2 Å². The fraction of sp³-hybridized carbons (Fsp3) is 0.778. The van der Waals surface area contributed by atoms with E-state index in [9.17, 15) is 4.79 Å². The largest absolute Gasteiger partial charge is 0.361 e. The number of nitrogens with one attached hydrogen (secondary N) is 3. The van der Waals surface area contributed by atoms with Gasteiger partial charge in [0.15, 0.2) is 5.11 Å².